The lowest BCUT2D eigenvalue weighted by atomic mass is 9.97. The van der Waals surface area contributed by atoms with Gasteiger partial charge in [-0.05, 0) is 49.4 Å². The maximum atomic E-state index is 2.60. The van der Waals surface area contributed by atoms with Gasteiger partial charge in [-0.3, -0.25) is 4.90 Å². The van der Waals surface area contributed by atoms with Crippen molar-refractivity contribution in [1.29, 1.82) is 0 Å². The molecule has 1 heterocycles. The molecule has 0 atom stereocenters. The van der Waals surface area contributed by atoms with Crippen LogP contribution in [-0.4, -0.2) is 18.0 Å². The molecule has 0 saturated carbocycles. The smallest absolute Gasteiger partial charge is 0.0236 e. The van der Waals surface area contributed by atoms with Gasteiger partial charge < -0.3 is 0 Å². The van der Waals surface area contributed by atoms with E-state index >= 15 is 0 Å². The lowest BCUT2D eigenvalue weighted by Gasteiger charge is -2.29. The lowest BCUT2D eigenvalue weighted by molar-refractivity contribution is 0.251. The van der Waals surface area contributed by atoms with Gasteiger partial charge in [0.15, 0.2) is 0 Å². The molecule has 0 N–H and O–H groups in total. The Hall–Kier alpha value is -1.60. The summed E-state index contributed by atoms with van der Waals surface area (Å²) in [5, 5.41) is 0. The van der Waals surface area contributed by atoms with Crippen LogP contribution >= 0.6 is 0 Å². The minimum absolute atomic E-state index is 1.13. The molecule has 2 aromatic carbocycles. The van der Waals surface area contributed by atoms with E-state index in [9.17, 15) is 0 Å². The molecule has 0 aromatic heterocycles. The fraction of sp³-hybridized carbons (Fsp3) is 0.368. The second kappa shape index (κ2) is 6.23. The van der Waals surface area contributed by atoms with Gasteiger partial charge in [-0.2, -0.15) is 0 Å². The van der Waals surface area contributed by atoms with Crippen LogP contribution in [0.25, 0.3) is 0 Å². The van der Waals surface area contributed by atoms with Gasteiger partial charge in [-0.1, -0.05) is 54.1 Å². The minimum Gasteiger partial charge on any atom is -0.299 e. The Kier molecular flexibility index (Phi) is 4.17. The van der Waals surface area contributed by atoms with Crippen molar-refractivity contribution in [2.75, 3.05) is 13.1 Å². The number of nitrogens with zero attached hydrogens (tertiary/aromatic N) is 1. The summed E-state index contributed by atoms with van der Waals surface area (Å²) in [5.74, 6) is 0. The molecule has 0 aliphatic carbocycles. The first-order valence-electron chi connectivity index (χ1n) is 7.66. The predicted octanol–water partition coefficient (Wildman–Crippen LogP) is 3.99. The second-order valence-electron chi connectivity index (χ2n) is 5.89. The molecular weight excluding hydrogens is 242 g/mol. The van der Waals surface area contributed by atoms with Crippen LogP contribution in [0.2, 0.25) is 0 Å². The van der Waals surface area contributed by atoms with Crippen LogP contribution < -0.4 is 0 Å². The van der Waals surface area contributed by atoms with E-state index in [4.69, 9.17) is 0 Å². The van der Waals surface area contributed by atoms with Gasteiger partial charge in [0.05, 0.1) is 0 Å². The highest BCUT2D eigenvalue weighted by Crippen LogP contribution is 2.20. The van der Waals surface area contributed by atoms with Gasteiger partial charge in [-0.25, -0.2) is 0 Å². The Morgan fingerprint density at radius 1 is 1.00 bits per heavy atom. The number of benzene rings is 2. The van der Waals surface area contributed by atoms with Crippen LogP contribution in [0, 0.1) is 6.92 Å². The summed E-state index contributed by atoms with van der Waals surface area (Å²) in [4.78, 5) is 2.60. The summed E-state index contributed by atoms with van der Waals surface area (Å²) in [6.45, 7) is 5.74. The molecule has 0 amide bonds. The van der Waals surface area contributed by atoms with E-state index in [1.807, 2.05) is 0 Å². The zero-order valence-electron chi connectivity index (χ0n) is 12.3. The fourth-order valence-electron chi connectivity index (χ4n) is 3.08. The van der Waals surface area contributed by atoms with Crippen molar-refractivity contribution in [3.63, 3.8) is 0 Å². The molecule has 1 heteroatoms. The van der Waals surface area contributed by atoms with Crippen LogP contribution in [0.5, 0.6) is 0 Å². The molecular formula is C19H23N. The maximum absolute atomic E-state index is 2.60. The van der Waals surface area contributed by atoms with Gasteiger partial charge in [-0.15, -0.1) is 0 Å². The monoisotopic (exact) mass is 265 g/mol. The summed E-state index contributed by atoms with van der Waals surface area (Å²) in [6, 6.07) is 17.7. The maximum Gasteiger partial charge on any atom is 0.0236 e. The van der Waals surface area contributed by atoms with Gasteiger partial charge in [0.2, 0.25) is 0 Å². The third-order valence-electron chi connectivity index (χ3n) is 4.24. The molecule has 3 rings (SSSR count). The highest BCUT2D eigenvalue weighted by atomic mass is 15.1. The first-order valence-corrected chi connectivity index (χ1v) is 7.66. The Bertz CT molecular complexity index is 559. The summed E-state index contributed by atoms with van der Waals surface area (Å²) in [5.41, 5.74) is 5.94. The molecule has 0 bridgehead atoms. The molecule has 0 spiro atoms. The van der Waals surface area contributed by atoms with Gasteiger partial charge in [0, 0.05) is 13.1 Å². The minimum atomic E-state index is 1.13. The Morgan fingerprint density at radius 2 is 1.85 bits per heavy atom. The molecule has 1 aliphatic heterocycles. The third kappa shape index (κ3) is 3.29. The molecule has 0 unspecified atom stereocenters. The van der Waals surface area contributed by atoms with Gasteiger partial charge in [0.25, 0.3) is 0 Å². The summed E-state index contributed by atoms with van der Waals surface area (Å²) in [7, 11) is 0. The number of rotatable bonds is 4. The van der Waals surface area contributed by atoms with Crippen LogP contribution in [-0.2, 0) is 19.4 Å². The average Bonchev–Trinajstić information content (AvgIpc) is 2.48. The third-order valence-corrected chi connectivity index (χ3v) is 4.24. The normalized spacial score (nSPS) is 15.1. The highest BCUT2D eigenvalue weighted by Gasteiger charge is 2.15. The number of aryl methyl sites for hydroxylation is 2. The second-order valence-corrected chi connectivity index (χ2v) is 5.89. The topological polar surface area (TPSA) is 3.24 Å². The molecule has 104 valence electrons. The van der Waals surface area contributed by atoms with Crippen molar-refractivity contribution in [3.05, 3.63) is 70.8 Å². The molecule has 1 aliphatic rings. The van der Waals surface area contributed by atoms with Crippen LogP contribution in [0.1, 0.15) is 28.7 Å². The standard InChI is InChI=1S/C19H23N/c1-16-9-10-19-15-20(13-11-18(19)14-16)12-5-8-17-6-3-2-4-7-17/h2-4,6-7,9-10,14H,5,8,11-13,15H2,1H3. The quantitative estimate of drug-likeness (QED) is 0.808. The van der Waals surface area contributed by atoms with Crippen molar-refractivity contribution in [3.8, 4) is 0 Å². The predicted molar refractivity (Wildman–Crippen MR) is 84.9 cm³/mol. The molecule has 0 radical (unpaired) electrons. The highest BCUT2D eigenvalue weighted by molar-refractivity contribution is 5.33. The summed E-state index contributed by atoms with van der Waals surface area (Å²) in [6.07, 6.45) is 3.66. The molecule has 0 fully saturated rings. The first-order chi connectivity index (χ1) is 9.81. The van der Waals surface area contributed by atoms with Crippen molar-refractivity contribution >= 4 is 0 Å². The molecule has 1 nitrogen and oxygen atoms in total. The summed E-state index contributed by atoms with van der Waals surface area (Å²) >= 11 is 0. The van der Waals surface area contributed by atoms with Crippen molar-refractivity contribution < 1.29 is 0 Å². The van der Waals surface area contributed by atoms with Crippen LogP contribution in [0.15, 0.2) is 48.5 Å². The first kappa shape index (κ1) is 13.4. The largest absolute Gasteiger partial charge is 0.299 e. The number of hydrogen-bond acceptors (Lipinski definition) is 1. The van der Waals surface area contributed by atoms with E-state index in [0.717, 1.165) is 6.54 Å². The average molecular weight is 265 g/mol. The lowest BCUT2D eigenvalue weighted by Crippen LogP contribution is -2.31. The molecule has 20 heavy (non-hydrogen) atoms. The SMILES string of the molecule is Cc1ccc2c(c1)CCN(CCCc1ccccc1)C2. The number of hydrogen-bond donors (Lipinski definition) is 0. The van der Waals surface area contributed by atoms with Crippen molar-refractivity contribution in [2.45, 2.75) is 32.7 Å². The van der Waals surface area contributed by atoms with E-state index in [-0.39, 0.29) is 0 Å². The molecule has 2 aromatic rings. The van der Waals surface area contributed by atoms with E-state index in [2.05, 4.69) is 60.4 Å². The van der Waals surface area contributed by atoms with Gasteiger partial charge >= 0.3 is 0 Å². The summed E-state index contributed by atoms with van der Waals surface area (Å²) < 4.78 is 0. The van der Waals surface area contributed by atoms with E-state index in [0.29, 0.717) is 0 Å². The van der Waals surface area contributed by atoms with Crippen molar-refractivity contribution in [1.82, 2.24) is 4.90 Å². The van der Waals surface area contributed by atoms with Gasteiger partial charge in [0.1, 0.15) is 0 Å². The van der Waals surface area contributed by atoms with Crippen molar-refractivity contribution in [2.24, 2.45) is 0 Å². The Labute approximate surface area is 122 Å². The number of fused-ring (bicyclic) bond motifs is 1. The van der Waals surface area contributed by atoms with E-state index < -0.39 is 0 Å². The van der Waals surface area contributed by atoms with Crippen LogP contribution in [0.3, 0.4) is 0 Å². The zero-order valence-corrected chi connectivity index (χ0v) is 12.3. The fourth-order valence-corrected chi connectivity index (χ4v) is 3.08. The van der Waals surface area contributed by atoms with E-state index in [1.165, 1.54) is 49.0 Å². The van der Waals surface area contributed by atoms with Crippen LogP contribution in [0.4, 0.5) is 0 Å². The molecule has 0 saturated heterocycles. The zero-order chi connectivity index (χ0) is 13.8. The Morgan fingerprint density at radius 3 is 2.70 bits per heavy atom. The van der Waals surface area contributed by atoms with E-state index in [1.54, 1.807) is 5.56 Å². The Balaban J connectivity index is 1.52.